The Bertz CT molecular complexity index is 1150. The Labute approximate surface area is 193 Å². The molecule has 9 heteroatoms. The lowest BCUT2D eigenvalue weighted by Gasteiger charge is -2.45. The molecule has 6 nitrogen and oxygen atoms in total. The van der Waals surface area contributed by atoms with Crippen molar-refractivity contribution in [3.05, 3.63) is 59.7 Å². The molecule has 1 amide bonds. The lowest BCUT2D eigenvalue weighted by molar-refractivity contribution is -0.123. The van der Waals surface area contributed by atoms with Crippen LogP contribution in [0.4, 0.5) is 14.5 Å². The summed E-state index contributed by atoms with van der Waals surface area (Å²) in [6, 6.07) is 8.77. The van der Waals surface area contributed by atoms with Gasteiger partial charge in [-0.2, -0.15) is 0 Å². The highest BCUT2D eigenvalue weighted by Crippen LogP contribution is 2.46. The molecule has 1 heterocycles. The third-order valence-corrected chi connectivity index (χ3v) is 7.77. The normalized spacial score (nSPS) is 20.4. The van der Waals surface area contributed by atoms with E-state index in [9.17, 15) is 22.0 Å². The van der Waals surface area contributed by atoms with E-state index in [1.165, 1.54) is 6.92 Å². The number of anilines is 1. The number of hydrogen-bond acceptors (Lipinski definition) is 4. The molecule has 1 spiro atoms. The van der Waals surface area contributed by atoms with Gasteiger partial charge in [-0.3, -0.25) is 9.10 Å². The minimum Gasteiger partial charge on any atom is -0.487 e. The van der Waals surface area contributed by atoms with Gasteiger partial charge in [-0.05, 0) is 50.8 Å². The zero-order valence-electron chi connectivity index (χ0n) is 18.7. The number of benzene rings is 2. The smallest absolute Gasteiger partial charge is 0.244 e. The Morgan fingerprint density at radius 1 is 1.12 bits per heavy atom. The second kappa shape index (κ2) is 8.93. The molecule has 33 heavy (non-hydrogen) atoms. The molecule has 2 atom stereocenters. The highest BCUT2D eigenvalue weighted by Gasteiger charge is 2.43. The Kier molecular flexibility index (Phi) is 6.35. The lowest BCUT2D eigenvalue weighted by atomic mass is 9.77. The van der Waals surface area contributed by atoms with Crippen LogP contribution < -0.4 is 14.4 Å². The number of nitrogens with one attached hydrogen (secondary N) is 1. The van der Waals surface area contributed by atoms with E-state index >= 15 is 0 Å². The van der Waals surface area contributed by atoms with Crippen LogP contribution in [0.3, 0.4) is 0 Å². The number of halogens is 2. The molecule has 1 saturated carbocycles. The van der Waals surface area contributed by atoms with Gasteiger partial charge in [0, 0.05) is 18.1 Å². The van der Waals surface area contributed by atoms with Crippen LogP contribution in [0.5, 0.6) is 5.75 Å². The molecule has 1 aliphatic carbocycles. The van der Waals surface area contributed by atoms with E-state index in [0.29, 0.717) is 6.42 Å². The molecule has 1 N–H and O–H groups in total. The Hall–Kier alpha value is -2.68. The van der Waals surface area contributed by atoms with Crippen molar-refractivity contribution in [1.29, 1.82) is 0 Å². The maximum absolute atomic E-state index is 13.8. The number of hydrogen-bond donors (Lipinski definition) is 1. The van der Waals surface area contributed by atoms with E-state index in [2.05, 4.69) is 5.32 Å². The molecule has 0 unspecified atom stereocenters. The maximum atomic E-state index is 13.8. The van der Waals surface area contributed by atoms with Gasteiger partial charge in [-0.25, -0.2) is 17.2 Å². The second-order valence-electron chi connectivity index (χ2n) is 8.98. The molecule has 178 valence electrons. The number of carbonyl (C=O) groups excluding carboxylic acids is 1. The molecule has 1 fully saturated rings. The molecule has 0 aromatic heterocycles. The Morgan fingerprint density at radius 3 is 2.48 bits per heavy atom. The fourth-order valence-electron chi connectivity index (χ4n) is 4.97. The summed E-state index contributed by atoms with van der Waals surface area (Å²) < 4.78 is 59.5. The zero-order valence-corrected chi connectivity index (χ0v) is 19.5. The zero-order chi connectivity index (χ0) is 23.8. The van der Waals surface area contributed by atoms with Crippen LogP contribution in [0, 0.1) is 11.6 Å². The molecule has 1 aliphatic heterocycles. The minimum atomic E-state index is -3.96. The van der Waals surface area contributed by atoms with Crippen molar-refractivity contribution in [3.63, 3.8) is 0 Å². The van der Waals surface area contributed by atoms with E-state index < -0.39 is 33.6 Å². The number of carbonyl (C=O) groups is 1. The van der Waals surface area contributed by atoms with Crippen LogP contribution in [0.25, 0.3) is 0 Å². The molecule has 2 aromatic carbocycles. The summed E-state index contributed by atoms with van der Waals surface area (Å²) in [6.45, 7) is 1.43. The first-order chi connectivity index (χ1) is 15.6. The van der Waals surface area contributed by atoms with Gasteiger partial charge in [0.2, 0.25) is 15.9 Å². The number of ether oxygens (including phenoxy) is 1. The van der Waals surface area contributed by atoms with Gasteiger partial charge in [-0.15, -0.1) is 0 Å². The molecule has 0 bridgehead atoms. The van der Waals surface area contributed by atoms with Crippen LogP contribution in [-0.2, 0) is 14.8 Å². The number of sulfonamides is 1. The van der Waals surface area contributed by atoms with Crippen LogP contribution in [-0.4, -0.2) is 32.2 Å². The standard InChI is InChI=1S/C24H28F2N2O4S/c1-16(28(33(2,30)31)17-10-11-19(25)20(26)14-17)23(29)27-21-15-24(12-6-3-7-13-24)32-22-9-5-4-8-18(21)22/h4-5,8-11,14,16,21H,3,6-7,12-13,15H2,1-2H3,(H,27,29)/t16-,21+/m1/s1. The third kappa shape index (κ3) is 4.83. The summed E-state index contributed by atoms with van der Waals surface area (Å²) in [6.07, 6.45) is 6.57. The summed E-state index contributed by atoms with van der Waals surface area (Å²) >= 11 is 0. The number of para-hydroxylation sites is 1. The van der Waals surface area contributed by atoms with Gasteiger partial charge < -0.3 is 10.1 Å². The van der Waals surface area contributed by atoms with Crippen molar-refractivity contribution in [1.82, 2.24) is 5.32 Å². The molecule has 2 aromatic rings. The fraction of sp³-hybridized carbons (Fsp3) is 0.458. The van der Waals surface area contributed by atoms with Gasteiger partial charge in [0.25, 0.3) is 0 Å². The summed E-state index contributed by atoms with van der Waals surface area (Å²) in [5.74, 6) is -2.09. The van der Waals surface area contributed by atoms with Crippen molar-refractivity contribution in [2.45, 2.75) is 63.1 Å². The van der Waals surface area contributed by atoms with Crippen molar-refractivity contribution in [2.24, 2.45) is 0 Å². The fourth-order valence-corrected chi connectivity index (χ4v) is 6.14. The predicted molar refractivity (Wildman–Crippen MR) is 122 cm³/mol. The van der Waals surface area contributed by atoms with Crippen LogP contribution >= 0.6 is 0 Å². The van der Waals surface area contributed by atoms with Gasteiger partial charge >= 0.3 is 0 Å². The number of nitrogens with zero attached hydrogens (tertiary/aromatic N) is 1. The monoisotopic (exact) mass is 478 g/mol. The van der Waals surface area contributed by atoms with E-state index in [-0.39, 0.29) is 17.3 Å². The maximum Gasteiger partial charge on any atom is 0.244 e. The second-order valence-corrected chi connectivity index (χ2v) is 10.8. The first-order valence-electron chi connectivity index (χ1n) is 11.1. The largest absolute Gasteiger partial charge is 0.487 e. The van der Waals surface area contributed by atoms with Crippen LogP contribution in [0.2, 0.25) is 0 Å². The highest BCUT2D eigenvalue weighted by atomic mass is 32.2. The number of amides is 1. The number of rotatable bonds is 5. The van der Waals surface area contributed by atoms with Gasteiger partial charge in [0.15, 0.2) is 11.6 Å². The van der Waals surface area contributed by atoms with E-state index in [0.717, 1.165) is 72.2 Å². The van der Waals surface area contributed by atoms with Crippen molar-refractivity contribution in [2.75, 3.05) is 10.6 Å². The van der Waals surface area contributed by atoms with E-state index in [1.54, 1.807) is 0 Å². The first-order valence-corrected chi connectivity index (χ1v) is 13.0. The SMILES string of the molecule is C[C@H](C(=O)N[C@H]1CC2(CCCCC2)Oc2ccccc21)N(c1ccc(F)c(F)c1)S(C)(=O)=O. The Morgan fingerprint density at radius 2 is 1.82 bits per heavy atom. The van der Waals surface area contributed by atoms with Crippen LogP contribution in [0.15, 0.2) is 42.5 Å². The van der Waals surface area contributed by atoms with Crippen LogP contribution in [0.1, 0.15) is 57.1 Å². The van der Waals surface area contributed by atoms with Gasteiger partial charge in [-0.1, -0.05) is 24.6 Å². The summed E-state index contributed by atoms with van der Waals surface area (Å²) in [5.41, 5.74) is 0.368. The number of fused-ring (bicyclic) bond motifs is 1. The minimum absolute atomic E-state index is 0.116. The molecule has 0 saturated heterocycles. The predicted octanol–water partition coefficient (Wildman–Crippen LogP) is 4.46. The lowest BCUT2D eigenvalue weighted by Crippen LogP contribution is -2.51. The van der Waals surface area contributed by atoms with E-state index in [1.807, 2.05) is 24.3 Å². The average molecular weight is 479 g/mol. The van der Waals surface area contributed by atoms with Gasteiger partial charge in [0.05, 0.1) is 18.0 Å². The average Bonchev–Trinajstić information content (AvgIpc) is 2.76. The molecular weight excluding hydrogens is 450 g/mol. The van der Waals surface area contributed by atoms with Gasteiger partial charge in [0.1, 0.15) is 17.4 Å². The van der Waals surface area contributed by atoms with Crippen molar-refractivity contribution in [3.8, 4) is 5.75 Å². The highest BCUT2D eigenvalue weighted by molar-refractivity contribution is 7.92. The summed E-state index contributed by atoms with van der Waals surface area (Å²) in [7, 11) is -3.96. The van der Waals surface area contributed by atoms with Crippen molar-refractivity contribution >= 4 is 21.6 Å². The van der Waals surface area contributed by atoms with E-state index in [4.69, 9.17) is 4.74 Å². The third-order valence-electron chi connectivity index (χ3n) is 6.52. The Balaban J connectivity index is 1.62. The van der Waals surface area contributed by atoms with Crippen molar-refractivity contribution < 1.29 is 26.7 Å². The first kappa shape index (κ1) is 23.5. The molecule has 2 aliphatic rings. The quantitative estimate of drug-likeness (QED) is 0.689. The summed E-state index contributed by atoms with van der Waals surface area (Å²) in [5, 5.41) is 3.00. The topological polar surface area (TPSA) is 75.7 Å². The molecular formula is C24H28F2N2O4S. The molecule has 0 radical (unpaired) electrons. The summed E-state index contributed by atoms with van der Waals surface area (Å²) in [4.78, 5) is 13.3. The molecule has 4 rings (SSSR count).